The molecule has 736 valence electrons. The molecule has 0 fully saturated rings. The van der Waals surface area contributed by atoms with Crippen LogP contribution in [0.1, 0.15) is 129 Å². The van der Waals surface area contributed by atoms with E-state index in [1.54, 1.807) is 136 Å². The van der Waals surface area contributed by atoms with Crippen molar-refractivity contribution in [3.8, 4) is 23.0 Å². The fraction of sp³-hybridized carbons (Fsp3) is 0.167. The quantitative estimate of drug-likeness (QED) is 0.0237. The molecule has 0 radical (unpaired) electrons. The maximum absolute atomic E-state index is 13.3. The van der Waals surface area contributed by atoms with Crippen LogP contribution >= 0.6 is 0 Å². The first-order chi connectivity index (χ1) is 67.5. The summed E-state index contributed by atoms with van der Waals surface area (Å²) in [6.45, 7) is 5.95. The van der Waals surface area contributed by atoms with Crippen molar-refractivity contribution >= 4 is 80.0 Å². The van der Waals surface area contributed by atoms with Gasteiger partial charge in [-0.2, -0.15) is 21.5 Å². The van der Waals surface area contributed by atoms with Gasteiger partial charge in [-0.25, -0.2) is 66.1 Å². The molecule has 5 heterocycles. The molecule has 0 bridgehead atoms. The monoisotopic (exact) mass is 2020 g/mol. The molecule has 10 aromatic carbocycles. The van der Waals surface area contributed by atoms with Crippen LogP contribution in [-0.4, -0.2) is 146 Å². The second kappa shape index (κ2) is 50.3. The molecular formula is C102H99N5O29S5. The van der Waals surface area contributed by atoms with E-state index in [0.717, 1.165) is 40.0 Å². The normalized spacial score (nSPS) is 11.5. The van der Waals surface area contributed by atoms with Crippen molar-refractivity contribution in [2.45, 2.75) is 110 Å². The number of methoxy groups -OCH3 is 2. The van der Waals surface area contributed by atoms with Crippen LogP contribution in [0.3, 0.4) is 0 Å². The maximum atomic E-state index is 13.3. The van der Waals surface area contributed by atoms with Crippen LogP contribution in [0.5, 0.6) is 23.0 Å². The van der Waals surface area contributed by atoms with E-state index in [2.05, 4.69) is 0 Å². The second-order valence-electron chi connectivity index (χ2n) is 30.7. The van der Waals surface area contributed by atoms with Crippen molar-refractivity contribution in [3.05, 3.63) is 425 Å². The predicted octanol–water partition coefficient (Wildman–Crippen LogP) is 18.0. The number of hydrogen-bond acceptors (Lipinski definition) is 24. The molecule has 15 rings (SSSR count). The fourth-order valence-corrected chi connectivity index (χ4v) is 20.4. The fourth-order valence-electron chi connectivity index (χ4n) is 13.5. The average Bonchev–Trinajstić information content (AvgIpc) is 1.29. The van der Waals surface area contributed by atoms with Crippen LogP contribution in [0, 0.1) is 0 Å². The van der Waals surface area contributed by atoms with Crippen molar-refractivity contribution in [3.63, 3.8) is 0 Å². The van der Waals surface area contributed by atoms with Crippen molar-refractivity contribution in [1.82, 2.24) is 21.5 Å². The molecule has 0 aliphatic carbocycles. The van der Waals surface area contributed by atoms with Crippen LogP contribution < -0.4 is 18.9 Å². The van der Waals surface area contributed by atoms with Gasteiger partial charge in [-0.3, -0.25) is 0 Å². The number of furan rings is 5. The number of hydrogen-bond donors (Lipinski definition) is 5. The van der Waals surface area contributed by atoms with Crippen LogP contribution in [0.4, 0.5) is 0 Å². The highest BCUT2D eigenvalue weighted by molar-refractivity contribution is 7.90. The van der Waals surface area contributed by atoms with E-state index in [-0.39, 0.29) is 118 Å². The molecule has 0 aliphatic rings. The average molecular weight is 2020 g/mol. The lowest BCUT2D eigenvalue weighted by atomic mass is 10.2. The van der Waals surface area contributed by atoms with Crippen molar-refractivity contribution in [2.75, 3.05) is 27.4 Å². The summed E-state index contributed by atoms with van der Waals surface area (Å²) in [5.41, 5.74) is 4.05. The summed E-state index contributed by atoms with van der Waals surface area (Å²) in [5.74, 6) is -0.316. The summed E-state index contributed by atoms with van der Waals surface area (Å²) >= 11 is 0. The van der Waals surface area contributed by atoms with Gasteiger partial charge in [0.1, 0.15) is 51.8 Å². The Kier molecular flexibility index (Phi) is 37.9. The third-order valence-electron chi connectivity index (χ3n) is 20.8. The van der Waals surface area contributed by atoms with Gasteiger partial charge in [0.15, 0.2) is 0 Å². The number of nitrogens with zero attached hydrogens (tertiary/aromatic N) is 5. The van der Waals surface area contributed by atoms with Gasteiger partial charge in [0.25, 0.3) is 0 Å². The van der Waals surface area contributed by atoms with Crippen LogP contribution in [-0.2, 0) is 116 Å². The van der Waals surface area contributed by atoms with Crippen molar-refractivity contribution in [1.29, 1.82) is 0 Å². The summed E-state index contributed by atoms with van der Waals surface area (Å²) in [5, 5.41) is 45.1. The maximum Gasteiger partial charge on any atom is 0.335 e. The van der Waals surface area contributed by atoms with Gasteiger partial charge in [0.2, 0.25) is 50.1 Å². The van der Waals surface area contributed by atoms with Gasteiger partial charge in [-0.15, -0.1) is 0 Å². The molecular weight excluding hydrogens is 1920 g/mol. The molecule has 0 spiro atoms. The Balaban J connectivity index is 0.000000169. The molecule has 5 aromatic heterocycles. The zero-order valence-corrected chi connectivity index (χ0v) is 80.4. The third-order valence-corrected chi connectivity index (χ3v) is 29.8. The number of carbonyl (C=O) groups is 5. The van der Waals surface area contributed by atoms with Gasteiger partial charge in [-0.05, 0) is 272 Å². The number of benzene rings is 10. The molecule has 0 unspecified atom stereocenters. The minimum Gasteiger partial charge on any atom is -0.497 e. The largest absolute Gasteiger partial charge is 0.497 e. The van der Waals surface area contributed by atoms with Crippen LogP contribution in [0.2, 0.25) is 0 Å². The summed E-state index contributed by atoms with van der Waals surface area (Å²) in [4.78, 5) is 55.2. The van der Waals surface area contributed by atoms with E-state index in [1.807, 2.05) is 80.6 Å². The first kappa shape index (κ1) is 106. The highest BCUT2D eigenvalue weighted by atomic mass is 32.2. The zero-order chi connectivity index (χ0) is 101. The van der Waals surface area contributed by atoms with E-state index < -0.39 is 80.0 Å². The molecule has 34 nitrogen and oxygen atoms in total. The Morgan fingerprint density at radius 2 is 0.482 bits per heavy atom. The smallest absolute Gasteiger partial charge is 0.335 e. The highest BCUT2D eigenvalue weighted by Gasteiger charge is 2.33. The second-order valence-corrected chi connectivity index (χ2v) is 40.4. The summed E-state index contributed by atoms with van der Waals surface area (Å²) in [6, 6.07) is 80.6. The van der Waals surface area contributed by atoms with Gasteiger partial charge in [0, 0.05) is 32.7 Å². The molecule has 0 saturated carbocycles. The van der Waals surface area contributed by atoms with Crippen molar-refractivity contribution in [2.24, 2.45) is 0 Å². The third kappa shape index (κ3) is 30.4. The Labute approximate surface area is 814 Å². The Morgan fingerprint density at radius 3 is 0.709 bits per heavy atom. The first-order valence-corrected chi connectivity index (χ1v) is 50.3. The van der Waals surface area contributed by atoms with Crippen LogP contribution in [0.15, 0.2) is 387 Å². The van der Waals surface area contributed by atoms with Crippen molar-refractivity contribution < 1.29 is 133 Å². The molecule has 0 aliphatic heterocycles. The number of rotatable bonds is 42. The lowest BCUT2D eigenvalue weighted by Crippen LogP contribution is -2.30. The molecule has 39 heteroatoms. The SMILES string of the molecule is CCCOc1ccc(CN(Cc2ccco2)S(=O)(=O)c2ccc(C(=O)O)cc2)cc1.CCOc1ccc(CN(Cc2ccco2)S(=O)(=O)c2ccc(C(=O)O)cc2)cc1.COc1ccc(CN(Cc2ccco2)S(=O)(=O)c2ccc(C(=O)O)cc2)cc1.COc1cccc(CN(Cc2ccco2)S(=O)(=O)c2ccc(C(=O)O)cc2)c1.O=C(O)c1ccc(S(=O)(=O)N(Cc2ccccc2)Cc2ccco2)cc1. The molecule has 0 atom stereocenters. The summed E-state index contributed by atoms with van der Waals surface area (Å²) in [7, 11) is -16.3. The van der Waals surface area contributed by atoms with E-state index in [9.17, 15) is 66.1 Å². The number of ether oxygens (including phenoxy) is 4. The van der Waals surface area contributed by atoms with Gasteiger partial charge in [0.05, 0.1) is 144 Å². The lowest BCUT2D eigenvalue weighted by molar-refractivity contribution is 0.0686. The number of carboxylic acids is 5. The topological polar surface area (TPSA) is 476 Å². The van der Waals surface area contributed by atoms with Crippen LogP contribution in [0.25, 0.3) is 0 Å². The number of sulfonamides is 5. The van der Waals surface area contributed by atoms with E-state index in [0.29, 0.717) is 59.3 Å². The van der Waals surface area contributed by atoms with Gasteiger partial charge < -0.3 is 66.6 Å². The Morgan fingerprint density at radius 1 is 0.248 bits per heavy atom. The molecule has 5 N–H and O–H groups in total. The minimum absolute atomic E-state index is 0.00644. The van der Waals surface area contributed by atoms with E-state index in [1.165, 1.54) is 174 Å². The Hall–Kier alpha value is -15.3. The predicted molar refractivity (Wildman–Crippen MR) is 515 cm³/mol. The molecule has 0 amide bonds. The number of aromatic carboxylic acids is 5. The van der Waals surface area contributed by atoms with Gasteiger partial charge in [-0.1, -0.05) is 85.8 Å². The Bertz CT molecular complexity index is 7140. The molecule has 141 heavy (non-hydrogen) atoms. The lowest BCUT2D eigenvalue weighted by Gasteiger charge is -2.22. The highest BCUT2D eigenvalue weighted by Crippen LogP contribution is 2.31. The zero-order valence-electron chi connectivity index (χ0n) is 76.3. The first-order valence-electron chi connectivity index (χ1n) is 43.1. The van der Waals surface area contributed by atoms with E-state index in [4.69, 9.17) is 66.6 Å². The standard InChI is InChI=1S/C22H23NO6S.C21H21NO6S.2C20H19NO6S.C19H17NO5S/c1-2-13-28-19-9-5-17(6-10-19)15-23(16-20-4-3-14-29-20)30(26,27)21-11-7-18(8-12-21)22(24)25;1-2-27-18-9-5-16(6-10-18)14-22(15-19-4-3-13-28-19)29(25,26)20-11-7-17(8-12-20)21(23)24;1-26-17-5-2-4-15(12-17)13-21(14-18-6-3-11-27-18)28(24,25)19-9-7-16(8-10-19)20(22)23;1-26-17-8-4-15(5-9-17)13-21(14-18-3-2-12-27-18)28(24,25)19-10-6-16(7-11-19)20(22)23;21-19(22)16-8-10-18(11-9-16)26(23,24)20(14-17-7-4-12-25-17)13-15-5-2-1-3-6-15/h3-12,14H,2,13,15-16H2,1H3,(H,24,25);3-13H,2,14-15H2,1H3,(H,23,24);2*2-12H,13-14H2,1H3,(H,22,23);1-12H,13-14H2,(H,21,22). The summed E-state index contributed by atoms with van der Waals surface area (Å²) < 4.78 is 186. The number of carboxylic acid groups (broad SMARTS) is 5. The van der Waals surface area contributed by atoms with E-state index >= 15 is 0 Å². The van der Waals surface area contributed by atoms with Gasteiger partial charge >= 0.3 is 29.8 Å². The molecule has 15 aromatic rings. The minimum atomic E-state index is -3.90. The summed E-state index contributed by atoms with van der Waals surface area (Å²) in [6.07, 6.45) is 8.32. The molecule has 0 saturated heterocycles.